The van der Waals surface area contributed by atoms with Gasteiger partial charge >= 0.3 is 0 Å². The smallest absolute Gasteiger partial charge is 0.136 e. The van der Waals surface area contributed by atoms with Crippen LogP contribution in [0.4, 0.5) is 4.39 Å². The third kappa shape index (κ3) is 3.63. The molecule has 100 valence electrons. The molecule has 2 saturated heterocycles. The summed E-state index contributed by atoms with van der Waals surface area (Å²) in [6.07, 6.45) is 1.41. The lowest BCUT2D eigenvalue weighted by Gasteiger charge is -2.35. The van der Waals surface area contributed by atoms with Gasteiger partial charge in [-0.3, -0.25) is 4.90 Å². The van der Waals surface area contributed by atoms with Gasteiger partial charge in [0.1, 0.15) is 6.17 Å². The number of hydrogen-bond acceptors (Lipinski definition) is 3. The van der Waals surface area contributed by atoms with Crippen molar-refractivity contribution in [2.75, 3.05) is 26.4 Å². The first kappa shape index (κ1) is 13.2. The first-order valence-corrected chi connectivity index (χ1v) is 6.57. The lowest BCUT2D eigenvalue weighted by molar-refractivity contribution is -0.0574. The summed E-state index contributed by atoms with van der Waals surface area (Å²) < 4.78 is 24.9. The van der Waals surface area contributed by atoms with Gasteiger partial charge < -0.3 is 9.47 Å². The fourth-order valence-electron chi connectivity index (χ4n) is 2.63. The molecule has 0 aromatic rings. The van der Waals surface area contributed by atoms with Crippen molar-refractivity contribution in [2.24, 2.45) is 0 Å². The Morgan fingerprint density at radius 2 is 1.88 bits per heavy atom. The highest BCUT2D eigenvalue weighted by Crippen LogP contribution is 2.29. The number of alkyl halides is 1. The maximum Gasteiger partial charge on any atom is 0.136 e. The fourth-order valence-corrected chi connectivity index (χ4v) is 2.63. The number of fused-ring (bicyclic) bond motifs is 2. The van der Waals surface area contributed by atoms with Crippen molar-refractivity contribution in [2.45, 2.75) is 57.5 Å². The zero-order chi connectivity index (χ0) is 12.5. The van der Waals surface area contributed by atoms with Crippen LogP contribution in [0.15, 0.2) is 0 Å². The van der Waals surface area contributed by atoms with Gasteiger partial charge in [0.05, 0.1) is 25.4 Å². The molecule has 0 radical (unpaired) electrons. The molecule has 4 heteroatoms. The lowest BCUT2D eigenvalue weighted by Crippen LogP contribution is -2.49. The van der Waals surface area contributed by atoms with Crippen molar-refractivity contribution in [1.29, 1.82) is 0 Å². The Kier molecular flexibility index (Phi) is 4.06. The standard InChI is InChI=1S/C13H24FNO2/c1-13(2,3)17-7-10(14)6-15-11-4-5-12(15)9-16-8-11/h10-12H,4-9H2,1-3H3/t10-,11?,12?/m0/s1. The molecule has 2 fully saturated rings. The van der Waals surface area contributed by atoms with Gasteiger partial charge in [0.15, 0.2) is 0 Å². The maximum atomic E-state index is 13.9. The molecule has 0 spiro atoms. The van der Waals surface area contributed by atoms with E-state index < -0.39 is 6.17 Å². The molecule has 2 aliphatic heterocycles. The van der Waals surface area contributed by atoms with Crippen LogP contribution >= 0.6 is 0 Å². The van der Waals surface area contributed by atoms with E-state index in [2.05, 4.69) is 4.90 Å². The molecule has 2 unspecified atom stereocenters. The van der Waals surface area contributed by atoms with Gasteiger partial charge in [-0.1, -0.05) is 0 Å². The molecule has 0 N–H and O–H groups in total. The monoisotopic (exact) mass is 245 g/mol. The molecule has 2 bridgehead atoms. The first-order valence-electron chi connectivity index (χ1n) is 6.57. The average Bonchev–Trinajstić information content (AvgIpc) is 2.49. The van der Waals surface area contributed by atoms with Crippen LogP contribution in [0.1, 0.15) is 33.6 Å². The summed E-state index contributed by atoms with van der Waals surface area (Å²) in [5.41, 5.74) is -0.256. The lowest BCUT2D eigenvalue weighted by atomic mass is 10.2. The Balaban J connectivity index is 1.77. The number of nitrogens with zero attached hydrogens (tertiary/aromatic N) is 1. The van der Waals surface area contributed by atoms with E-state index >= 15 is 0 Å². The number of halogens is 1. The van der Waals surface area contributed by atoms with E-state index in [1.54, 1.807) is 0 Å². The van der Waals surface area contributed by atoms with Crippen LogP contribution in [-0.4, -0.2) is 55.1 Å². The number of hydrogen-bond donors (Lipinski definition) is 0. The zero-order valence-corrected chi connectivity index (χ0v) is 11.1. The van der Waals surface area contributed by atoms with Crippen molar-refractivity contribution in [3.8, 4) is 0 Å². The minimum atomic E-state index is -0.893. The summed E-state index contributed by atoms with van der Waals surface area (Å²) in [5.74, 6) is 0. The fraction of sp³-hybridized carbons (Fsp3) is 1.00. The van der Waals surface area contributed by atoms with Gasteiger partial charge in [0, 0.05) is 18.6 Å². The molecule has 2 rings (SSSR count). The van der Waals surface area contributed by atoms with E-state index in [0.29, 0.717) is 18.6 Å². The van der Waals surface area contributed by atoms with Gasteiger partial charge in [0.2, 0.25) is 0 Å². The highest BCUT2D eigenvalue weighted by atomic mass is 19.1. The molecule has 3 atom stereocenters. The molecule has 2 aliphatic rings. The van der Waals surface area contributed by atoms with Crippen molar-refractivity contribution in [3.63, 3.8) is 0 Å². The molecule has 0 aliphatic carbocycles. The topological polar surface area (TPSA) is 21.7 Å². The summed E-state index contributed by atoms with van der Waals surface area (Å²) in [4.78, 5) is 2.28. The van der Waals surface area contributed by atoms with Crippen molar-refractivity contribution in [3.05, 3.63) is 0 Å². The number of rotatable bonds is 4. The van der Waals surface area contributed by atoms with E-state index in [9.17, 15) is 4.39 Å². The molecular formula is C13H24FNO2. The van der Waals surface area contributed by atoms with E-state index in [-0.39, 0.29) is 12.2 Å². The Labute approximate surface area is 103 Å². The average molecular weight is 245 g/mol. The third-order valence-electron chi connectivity index (χ3n) is 3.50. The van der Waals surface area contributed by atoms with Gasteiger partial charge in [0.25, 0.3) is 0 Å². The van der Waals surface area contributed by atoms with Crippen molar-refractivity contribution in [1.82, 2.24) is 4.90 Å². The van der Waals surface area contributed by atoms with Crippen LogP contribution in [0.25, 0.3) is 0 Å². The second-order valence-corrected chi connectivity index (χ2v) is 6.14. The number of morpholine rings is 1. The number of ether oxygens (including phenoxy) is 2. The third-order valence-corrected chi connectivity index (χ3v) is 3.50. The molecule has 2 heterocycles. The molecule has 0 aromatic carbocycles. The summed E-state index contributed by atoms with van der Waals surface area (Å²) in [5, 5.41) is 0. The van der Waals surface area contributed by atoms with Crippen LogP contribution in [0.3, 0.4) is 0 Å². The minimum absolute atomic E-state index is 0.195. The molecule has 0 saturated carbocycles. The minimum Gasteiger partial charge on any atom is -0.378 e. The van der Waals surface area contributed by atoms with Gasteiger partial charge in [-0.15, -0.1) is 0 Å². The van der Waals surface area contributed by atoms with Crippen LogP contribution in [0.2, 0.25) is 0 Å². The second kappa shape index (κ2) is 5.21. The van der Waals surface area contributed by atoms with Crippen LogP contribution in [0, 0.1) is 0 Å². The van der Waals surface area contributed by atoms with E-state index in [1.807, 2.05) is 20.8 Å². The van der Waals surface area contributed by atoms with Crippen molar-refractivity contribution >= 4 is 0 Å². The molecule has 0 amide bonds. The normalized spacial score (nSPS) is 31.8. The maximum absolute atomic E-state index is 13.9. The summed E-state index contributed by atoms with van der Waals surface area (Å²) in [6, 6.07) is 0.864. The Hall–Kier alpha value is -0.190. The van der Waals surface area contributed by atoms with E-state index in [4.69, 9.17) is 9.47 Å². The van der Waals surface area contributed by atoms with Crippen molar-refractivity contribution < 1.29 is 13.9 Å². The summed E-state index contributed by atoms with van der Waals surface area (Å²) in [7, 11) is 0. The molecule has 17 heavy (non-hydrogen) atoms. The largest absolute Gasteiger partial charge is 0.378 e. The van der Waals surface area contributed by atoms with Gasteiger partial charge in [-0.2, -0.15) is 0 Å². The van der Waals surface area contributed by atoms with Gasteiger partial charge in [-0.05, 0) is 33.6 Å². The highest BCUT2D eigenvalue weighted by molar-refractivity contribution is 4.91. The van der Waals surface area contributed by atoms with Gasteiger partial charge in [-0.25, -0.2) is 4.39 Å². The highest BCUT2D eigenvalue weighted by Gasteiger charge is 2.38. The Bertz CT molecular complexity index is 238. The predicted molar refractivity (Wildman–Crippen MR) is 64.9 cm³/mol. The quantitative estimate of drug-likeness (QED) is 0.756. The van der Waals surface area contributed by atoms with Crippen LogP contribution in [0.5, 0.6) is 0 Å². The van der Waals surface area contributed by atoms with Crippen LogP contribution < -0.4 is 0 Å². The van der Waals surface area contributed by atoms with Crippen LogP contribution in [-0.2, 0) is 9.47 Å². The van der Waals surface area contributed by atoms with E-state index in [1.165, 1.54) is 0 Å². The summed E-state index contributed by atoms with van der Waals surface area (Å²) in [6.45, 7) is 8.09. The zero-order valence-electron chi connectivity index (χ0n) is 11.1. The first-order chi connectivity index (χ1) is 7.96. The Morgan fingerprint density at radius 3 is 2.41 bits per heavy atom. The second-order valence-electron chi connectivity index (χ2n) is 6.14. The molecular weight excluding hydrogens is 221 g/mol. The predicted octanol–water partition coefficient (Wildman–Crippen LogP) is 2.00. The summed E-state index contributed by atoms with van der Waals surface area (Å²) >= 11 is 0. The SMILES string of the molecule is CC(C)(C)OC[C@@H](F)CN1C2CCC1COC2. The molecule has 0 aromatic heterocycles. The Morgan fingerprint density at radius 1 is 1.29 bits per heavy atom. The molecule has 3 nitrogen and oxygen atoms in total. The van der Waals surface area contributed by atoms with E-state index in [0.717, 1.165) is 26.1 Å².